The van der Waals surface area contributed by atoms with Crippen molar-refractivity contribution >= 4 is 16.9 Å². The Balaban J connectivity index is 1.67. The average Bonchev–Trinajstić information content (AvgIpc) is 2.98. The van der Waals surface area contributed by atoms with Gasteiger partial charge in [-0.15, -0.1) is 0 Å². The number of aryl methyl sites for hydroxylation is 2. The number of fused-ring (bicyclic) bond motifs is 3. The molecule has 0 saturated carbocycles. The summed E-state index contributed by atoms with van der Waals surface area (Å²) >= 11 is 0. The number of benzene rings is 2. The molecule has 3 aromatic rings. The van der Waals surface area contributed by atoms with E-state index in [2.05, 4.69) is 37.0 Å². The molecule has 3 heteroatoms. The second-order valence-electron chi connectivity index (χ2n) is 6.61. The van der Waals surface area contributed by atoms with Gasteiger partial charge in [0, 0.05) is 28.5 Å². The summed E-state index contributed by atoms with van der Waals surface area (Å²) in [6.45, 7) is 2.06. The minimum atomic E-state index is -0.740. The molecule has 2 aromatic carbocycles. The zero-order valence-electron chi connectivity index (χ0n) is 14.0. The van der Waals surface area contributed by atoms with Crippen molar-refractivity contribution in [2.45, 2.75) is 26.2 Å². The van der Waals surface area contributed by atoms with Crippen LogP contribution >= 0.6 is 0 Å². The van der Waals surface area contributed by atoms with Crippen LogP contribution < -0.4 is 0 Å². The van der Waals surface area contributed by atoms with Gasteiger partial charge in [-0.3, -0.25) is 4.79 Å². The van der Waals surface area contributed by atoms with E-state index in [0.29, 0.717) is 12.8 Å². The van der Waals surface area contributed by atoms with E-state index in [1.165, 1.54) is 5.56 Å². The van der Waals surface area contributed by atoms with Gasteiger partial charge in [0.15, 0.2) is 0 Å². The quantitative estimate of drug-likeness (QED) is 0.676. The molecule has 0 bridgehead atoms. The van der Waals surface area contributed by atoms with E-state index in [9.17, 15) is 9.90 Å². The molecule has 0 amide bonds. The Hall–Kier alpha value is -2.99. The minimum Gasteiger partial charge on any atom is -0.481 e. The Morgan fingerprint density at radius 3 is 2.60 bits per heavy atom. The summed E-state index contributed by atoms with van der Waals surface area (Å²) < 4.78 is 5.89. The lowest BCUT2D eigenvalue weighted by Gasteiger charge is -2.16. The first-order valence-electron chi connectivity index (χ1n) is 8.46. The normalized spacial score (nSPS) is 16.1. The van der Waals surface area contributed by atoms with Crippen molar-refractivity contribution in [1.29, 1.82) is 0 Å². The maximum atomic E-state index is 11.2. The monoisotopic (exact) mass is 330 g/mol. The zero-order chi connectivity index (χ0) is 17.4. The number of aliphatic carboxylic acids is 1. The van der Waals surface area contributed by atoms with Gasteiger partial charge in [-0.2, -0.15) is 0 Å². The van der Waals surface area contributed by atoms with Crippen molar-refractivity contribution in [3.8, 4) is 11.8 Å². The summed E-state index contributed by atoms with van der Waals surface area (Å²) in [5, 5.41) is 10.3. The molecule has 1 aromatic heterocycles. The molecule has 1 aliphatic rings. The van der Waals surface area contributed by atoms with Gasteiger partial charge in [-0.25, -0.2) is 0 Å². The number of furan rings is 1. The highest BCUT2D eigenvalue weighted by Crippen LogP contribution is 2.34. The number of carbonyl (C=O) groups is 1. The molecule has 3 nitrogen and oxygen atoms in total. The van der Waals surface area contributed by atoms with Gasteiger partial charge in [0.2, 0.25) is 0 Å². The average molecular weight is 330 g/mol. The van der Waals surface area contributed by atoms with Crippen molar-refractivity contribution in [3.63, 3.8) is 0 Å². The molecule has 25 heavy (non-hydrogen) atoms. The molecular formula is C22H18O3. The highest BCUT2D eigenvalue weighted by molar-refractivity contribution is 5.84. The number of carboxylic acid groups (broad SMARTS) is 1. The summed E-state index contributed by atoms with van der Waals surface area (Å²) in [5.74, 6) is 6.14. The maximum absolute atomic E-state index is 11.2. The largest absolute Gasteiger partial charge is 0.481 e. The second kappa shape index (κ2) is 6.14. The third kappa shape index (κ3) is 3.04. The Kier molecular flexibility index (Phi) is 3.82. The zero-order valence-corrected chi connectivity index (χ0v) is 14.0. The first kappa shape index (κ1) is 15.5. The fourth-order valence-electron chi connectivity index (χ4n) is 3.35. The molecule has 1 N–H and O–H groups in total. The molecule has 0 aliphatic heterocycles. The van der Waals surface area contributed by atoms with Crippen LogP contribution in [-0.4, -0.2) is 11.1 Å². The molecule has 1 aliphatic carbocycles. The third-order valence-corrected chi connectivity index (χ3v) is 4.80. The Morgan fingerprint density at radius 1 is 1.12 bits per heavy atom. The summed E-state index contributed by atoms with van der Waals surface area (Å²) in [4.78, 5) is 11.2. The fourth-order valence-corrected chi connectivity index (χ4v) is 3.35. The van der Waals surface area contributed by atoms with Gasteiger partial charge >= 0.3 is 5.97 Å². The number of rotatable bonds is 1. The molecule has 0 spiro atoms. The molecule has 0 saturated heterocycles. The standard InChI is InChI=1S/C22H18O3/c1-14-2-4-15(5-3-14)6-7-16-8-11-20-19(12-16)18-10-9-17(22(23)24)13-21(18)25-20/h2-5,8,11-12,17H,9-10,13H2,1H3,(H,23,24)/t17-/m1/s1. The van der Waals surface area contributed by atoms with Crippen LogP contribution in [0, 0.1) is 24.7 Å². The van der Waals surface area contributed by atoms with E-state index in [1.54, 1.807) is 0 Å². The van der Waals surface area contributed by atoms with E-state index in [-0.39, 0.29) is 5.92 Å². The van der Waals surface area contributed by atoms with Crippen molar-refractivity contribution < 1.29 is 14.3 Å². The van der Waals surface area contributed by atoms with E-state index >= 15 is 0 Å². The molecular weight excluding hydrogens is 312 g/mol. The first-order valence-corrected chi connectivity index (χ1v) is 8.46. The Morgan fingerprint density at radius 2 is 1.84 bits per heavy atom. The molecule has 0 radical (unpaired) electrons. The van der Waals surface area contributed by atoms with Gasteiger partial charge < -0.3 is 9.52 Å². The van der Waals surface area contributed by atoms with Gasteiger partial charge in [-0.1, -0.05) is 29.5 Å². The lowest BCUT2D eigenvalue weighted by atomic mass is 9.87. The predicted molar refractivity (Wildman–Crippen MR) is 96.5 cm³/mol. The minimum absolute atomic E-state index is 0.339. The van der Waals surface area contributed by atoms with E-state index in [1.807, 2.05) is 24.3 Å². The summed E-state index contributed by atoms with van der Waals surface area (Å²) in [7, 11) is 0. The van der Waals surface area contributed by atoms with Gasteiger partial charge in [0.1, 0.15) is 11.3 Å². The highest BCUT2D eigenvalue weighted by atomic mass is 16.4. The summed E-state index contributed by atoms with van der Waals surface area (Å²) in [5.41, 5.74) is 5.11. The molecule has 0 unspecified atom stereocenters. The van der Waals surface area contributed by atoms with Gasteiger partial charge in [0.25, 0.3) is 0 Å². The number of hydrogen-bond donors (Lipinski definition) is 1. The van der Waals surface area contributed by atoms with E-state index < -0.39 is 5.97 Å². The van der Waals surface area contributed by atoms with Crippen LogP contribution in [0.1, 0.15) is 34.4 Å². The lowest BCUT2D eigenvalue weighted by molar-refractivity contribution is -0.142. The third-order valence-electron chi connectivity index (χ3n) is 4.80. The smallest absolute Gasteiger partial charge is 0.306 e. The van der Waals surface area contributed by atoms with E-state index in [0.717, 1.165) is 39.8 Å². The Bertz CT molecular complexity index is 1010. The fraction of sp³-hybridized carbons (Fsp3) is 0.227. The van der Waals surface area contributed by atoms with Crippen LogP contribution in [0.3, 0.4) is 0 Å². The number of carboxylic acids is 1. The van der Waals surface area contributed by atoms with Crippen LogP contribution in [0.15, 0.2) is 46.9 Å². The van der Waals surface area contributed by atoms with Crippen LogP contribution in [0.25, 0.3) is 11.0 Å². The second-order valence-corrected chi connectivity index (χ2v) is 6.61. The van der Waals surface area contributed by atoms with Crippen LogP contribution in [0.4, 0.5) is 0 Å². The first-order chi connectivity index (χ1) is 12.1. The molecule has 1 atom stereocenters. The van der Waals surface area contributed by atoms with E-state index in [4.69, 9.17) is 4.42 Å². The molecule has 124 valence electrons. The van der Waals surface area contributed by atoms with Crippen LogP contribution in [-0.2, 0) is 17.6 Å². The Labute approximate surface area is 146 Å². The van der Waals surface area contributed by atoms with Crippen molar-refractivity contribution in [2.75, 3.05) is 0 Å². The van der Waals surface area contributed by atoms with Crippen LogP contribution in [0.2, 0.25) is 0 Å². The highest BCUT2D eigenvalue weighted by Gasteiger charge is 2.28. The van der Waals surface area contributed by atoms with Crippen LogP contribution in [0.5, 0.6) is 0 Å². The lowest BCUT2D eigenvalue weighted by Crippen LogP contribution is -2.21. The summed E-state index contributed by atoms with van der Waals surface area (Å²) in [6, 6.07) is 14.1. The molecule has 1 heterocycles. The van der Waals surface area contributed by atoms with Gasteiger partial charge in [-0.05, 0) is 50.1 Å². The summed E-state index contributed by atoms with van der Waals surface area (Å²) in [6.07, 6.45) is 1.88. The molecule has 0 fully saturated rings. The van der Waals surface area contributed by atoms with Crippen molar-refractivity contribution in [1.82, 2.24) is 0 Å². The van der Waals surface area contributed by atoms with Crippen molar-refractivity contribution in [2.24, 2.45) is 5.92 Å². The SMILES string of the molecule is Cc1ccc(C#Cc2ccc3oc4c(c3c2)CC[C@@H](C(=O)O)C4)cc1. The number of hydrogen-bond acceptors (Lipinski definition) is 2. The molecule has 4 rings (SSSR count). The maximum Gasteiger partial charge on any atom is 0.306 e. The predicted octanol–water partition coefficient (Wildman–Crippen LogP) is 4.33. The van der Waals surface area contributed by atoms with Gasteiger partial charge in [0.05, 0.1) is 5.92 Å². The van der Waals surface area contributed by atoms with Crippen molar-refractivity contribution in [3.05, 3.63) is 70.5 Å². The topological polar surface area (TPSA) is 50.4 Å².